The van der Waals surface area contributed by atoms with Crippen molar-refractivity contribution in [3.05, 3.63) is 29.3 Å². The van der Waals surface area contributed by atoms with Gasteiger partial charge in [-0.1, -0.05) is 23.6 Å². The maximum atomic E-state index is 10.8. The fraction of sp³-hybridized carbons (Fsp3) is 0.231. The van der Waals surface area contributed by atoms with Crippen LogP contribution in [0.5, 0.6) is 5.75 Å². The fourth-order valence-corrected chi connectivity index (χ4v) is 1.49. The molecule has 88 valence electrons. The van der Waals surface area contributed by atoms with Gasteiger partial charge in [-0.25, -0.2) is 0 Å². The molecule has 1 aromatic carbocycles. The van der Waals surface area contributed by atoms with E-state index < -0.39 is 0 Å². The fourth-order valence-electron chi connectivity index (χ4n) is 1.14. The maximum Gasteiger partial charge on any atom is 0.186 e. The van der Waals surface area contributed by atoms with Crippen LogP contribution in [0, 0.1) is 11.8 Å². The summed E-state index contributed by atoms with van der Waals surface area (Å²) in [5.74, 6) is 6.77. The predicted octanol–water partition coefficient (Wildman–Crippen LogP) is 2.14. The smallest absolute Gasteiger partial charge is 0.186 e. The molecule has 0 bridgehead atoms. The molecule has 3 nitrogen and oxygen atoms in total. The third-order valence-electron chi connectivity index (χ3n) is 1.96. The summed E-state index contributed by atoms with van der Waals surface area (Å²) in [6.07, 6.45) is 0.752. The van der Waals surface area contributed by atoms with E-state index in [2.05, 4.69) is 11.8 Å². The Hall–Kier alpha value is -1.73. The summed E-state index contributed by atoms with van der Waals surface area (Å²) < 4.78 is 5.06. The SMILES string of the molecule is COc1ccc(C=O)c(C#CCSC(C)=O)c1. The lowest BCUT2D eigenvalue weighted by Gasteiger charge is -2.01. The van der Waals surface area contributed by atoms with Crippen LogP contribution in [0.2, 0.25) is 0 Å². The molecule has 0 spiro atoms. The molecular weight excluding hydrogens is 236 g/mol. The number of benzene rings is 1. The molecule has 0 aliphatic rings. The summed E-state index contributed by atoms with van der Waals surface area (Å²) >= 11 is 1.14. The van der Waals surface area contributed by atoms with Crippen molar-refractivity contribution in [3.8, 4) is 17.6 Å². The van der Waals surface area contributed by atoms with Crippen molar-refractivity contribution in [1.29, 1.82) is 0 Å². The minimum absolute atomic E-state index is 0.0283. The van der Waals surface area contributed by atoms with Gasteiger partial charge in [0, 0.05) is 18.1 Å². The van der Waals surface area contributed by atoms with E-state index in [1.807, 2.05) is 0 Å². The van der Waals surface area contributed by atoms with Crippen LogP contribution >= 0.6 is 11.8 Å². The van der Waals surface area contributed by atoms with Gasteiger partial charge in [-0.05, 0) is 18.2 Å². The third kappa shape index (κ3) is 4.33. The Kier molecular flexibility index (Phi) is 5.31. The lowest BCUT2D eigenvalue weighted by molar-refractivity contribution is -0.109. The molecule has 0 unspecified atom stereocenters. The number of ether oxygens (including phenoxy) is 1. The van der Waals surface area contributed by atoms with Gasteiger partial charge < -0.3 is 4.74 Å². The van der Waals surface area contributed by atoms with Crippen LogP contribution in [-0.4, -0.2) is 24.3 Å². The molecule has 4 heteroatoms. The molecule has 0 saturated heterocycles. The van der Waals surface area contributed by atoms with Crippen molar-refractivity contribution in [2.24, 2.45) is 0 Å². The van der Waals surface area contributed by atoms with Crippen molar-refractivity contribution in [3.63, 3.8) is 0 Å². The van der Waals surface area contributed by atoms with Crippen molar-refractivity contribution < 1.29 is 14.3 Å². The van der Waals surface area contributed by atoms with E-state index in [-0.39, 0.29) is 5.12 Å². The van der Waals surface area contributed by atoms with E-state index in [1.54, 1.807) is 25.3 Å². The molecule has 0 saturated carbocycles. The van der Waals surface area contributed by atoms with Crippen LogP contribution in [0.15, 0.2) is 18.2 Å². The van der Waals surface area contributed by atoms with Crippen LogP contribution in [0.4, 0.5) is 0 Å². The Bertz CT molecular complexity index is 483. The summed E-state index contributed by atoms with van der Waals surface area (Å²) in [4.78, 5) is 21.5. The Morgan fingerprint density at radius 3 is 2.88 bits per heavy atom. The van der Waals surface area contributed by atoms with Gasteiger partial charge in [0.1, 0.15) is 5.75 Å². The number of aldehydes is 1. The van der Waals surface area contributed by atoms with Crippen LogP contribution < -0.4 is 4.74 Å². The van der Waals surface area contributed by atoms with Gasteiger partial charge in [0.05, 0.1) is 12.9 Å². The molecule has 1 rings (SSSR count). The first-order valence-electron chi connectivity index (χ1n) is 4.93. The average molecular weight is 248 g/mol. The van der Waals surface area contributed by atoms with E-state index >= 15 is 0 Å². The zero-order valence-electron chi connectivity index (χ0n) is 9.65. The highest BCUT2D eigenvalue weighted by Gasteiger charge is 2.00. The van der Waals surface area contributed by atoms with Gasteiger partial charge >= 0.3 is 0 Å². The number of methoxy groups -OCH3 is 1. The largest absolute Gasteiger partial charge is 0.497 e. The number of carbonyl (C=O) groups excluding carboxylic acids is 2. The molecule has 0 aliphatic carbocycles. The minimum atomic E-state index is 0.0283. The van der Waals surface area contributed by atoms with Crippen LogP contribution in [-0.2, 0) is 4.79 Å². The summed E-state index contributed by atoms with van der Waals surface area (Å²) in [6, 6.07) is 5.07. The second-order valence-electron chi connectivity index (χ2n) is 3.15. The Labute approximate surface area is 105 Å². The maximum absolute atomic E-state index is 10.8. The topological polar surface area (TPSA) is 43.4 Å². The normalized spacial score (nSPS) is 9.06. The minimum Gasteiger partial charge on any atom is -0.497 e. The van der Waals surface area contributed by atoms with Crippen molar-refractivity contribution >= 4 is 23.2 Å². The Balaban J connectivity index is 2.87. The molecule has 0 N–H and O–H groups in total. The van der Waals surface area contributed by atoms with Crippen molar-refractivity contribution in [1.82, 2.24) is 0 Å². The summed E-state index contributed by atoms with van der Waals surface area (Å²) in [6.45, 7) is 1.49. The standard InChI is InChI=1S/C13H12O3S/c1-10(15)17-7-3-4-11-8-13(16-2)6-5-12(11)9-14/h5-6,8-9H,7H2,1-2H3. The number of thioether (sulfide) groups is 1. The number of rotatable bonds is 3. The number of hydrogen-bond acceptors (Lipinski definition) is 4. The van der Waals surface area contributed by atoms with E-state index in [9.17, 15) is 9.59 Å². The first-order chi connectivity index (χ1) is 8.17. The molecule has 0 atom stereocenters. The highest BCUT2D eigenvalue weighted by atomic mass is 32.2. The first kappa shape index (κ1) is 13.3. The van der Waals surface area contributed by atoms with Crippen molar-refractivity contribution in [2.45, 2.75) is 6.92 Å². The molecule has 0 amide bonds. The molecule has 0 heterocycles. The van der Waals surface area contributed by atoms with Gasteiger partial charge in [-0.2, -0.15) is 0 Å². The van der Waals surface area contributed by atoms with Crippen LogP contribution in [0.1, 0.15) is 22.8 Å². The van der Waals surface area contributed by atoms with Gasteiger partial charge in [0.2, 0.25) is 0 Å². The average Bonchev–Trinajstić information content (AvgIpc) is 2.34. The van der Waals surface area contributed by atoms with Gasteiger partial charge in [0.25, 0.3) is 0 Å². The zero-order chi connectivity index (χ0) is 12.7. The summed E-state index contributed by atoms with van der Waals surface area (Å²) in [5, 5.41) is 0.0283. The van der Waals surface area contributed by atoms with Gasteiger partial charge in [0.15, 0.2) is 11.4 Å². The van der Waals surface area contributed by atoms with E-state index in [0.717, 1.165) is 18.0 Å². The van der Waals surface area contributed by atoms with E-state index in [0.29, 0.717) is 22.6 Å². The molecule has 1 aromatic rings. The monoisotopic (exact) mass is 248 g/mol. The quantitative estimate of drug-likeness (QED) is 0.607. The highest BCUT2D eigenvalue weighted by molar-refractivity contribution is 8.13. The Morgan fingerprint density at radius 2 is 2.29 bits per heavy atom. The summed E-state index contributed by atoms with van der Waals surface area (Å²) in [5.41, 5.74) is 1.13. The first-order valence-corrected chi connectivity index (χ1v) is 5.91. The number of hydrogen-bond donors (Lipinski definition) is 0. The van der Waals surface area contributed by atoms with Gasteiger partial charge in [-0.3, -0.25) is 9.59 Å². The number of carbonyl (C=O) groups is 2. The van der Waals surface area contributed by atoms with E-state index in [1.165, 1.54) is 6.92 Å². The van der Waals surface area contributed by atoms with E-state index in [4.69, 9.17) is 4.74 Å². The predicted molar refractivity (Wildman–Crippen MR) is 68.4 cm³/mol. The van der Waals surface area contributed by atoms with Crippen molar-refractivity contribution in [2.75, 3.05) is 12.9 Å². The molecule has 0 aliphatic heterocycles. The molecular formula is C13H12O3S. The third-order valence-corrected chi connectivity index (χ3v) is 2.65. The molecule has 0 aromatic heterocycles. The second kappa shape index (κ2) is 6.77. The lowest BCUT2D eigenvalue weighted by Crippen LogP contribution is -1.90. The molecule has 17 heavy (non-hydrogen) atoms. The highest BCUT2D eigenvalue weighted by Crippen LogP contribution is 2.15. The Morgan fingerprint density at radius 1 is 1.53 bits per heavy atom. The molecule has 0 radical (unpaired) electrons. The van der Waals surface area contributed by atoms with Crippen LogP contribution in [0.25, 0.3) is 0 Å². The molecule has 0 fully saturated rings. The second-order valence-corrected chi connectivity index (χ2v) is 4.31. The van der Waals surface area contributed by atoms with Crippen LogP contribution in [0.3, 0.4) is 0 Å². The summed E-state index contributed by atoms with van der Waals surface area (Å²) in [7, 11) is 1.55. The van der Waals surface area contributed by atoms with Gasteiger partial charge in [-0.15, -0.1) is 0 Å². The lowest BCUT2D eigenvalue weighted by atomic mass is 10.1. The zero-order valence-corrected chi connectivity index (χ0v) is 10.5.